The monoisotopic (exact) mass is 322 g/mol. The van der Waals surface area contributed by atoms with Crippen LogP contribution in [-0.4, -0.2) is 17.3 Å². The quantitative estimate of drug-likeness (QED) is 0.488. The zero-order valence-corrected chi connectivity index (χ0v) is 11.4. The van der Waals surface area contributed by atoms with Crippen molar-refractivity contribution in [1.82, 2.24) is 0 Å². The first-order valence-electron chi connectivity index (χ1n) is 4.18. The second kappa shape index (κ2) is 6.18. The Kier molecular flexibility index (Phi) is 5.18. The molecule has 0 N–H and O–H groups in total. The Hall–Kier alpha value is -0.650. The summed E-state index contributed by atoms with van der Waals surface area (Å²) in [7, 11) is 5.19. The van der Waals surface area contributed by atoms with Crippen molar-refractivity contribution >= 4 is 48.7 Å². The minimum Gasteiger partial charge on any atom is -0.466 e. The molecule has 0 amide bonds. The summed E-state index contributed by atoms with van der Waals surface area (Å²) >= 11 is 3.25. The molecule has 0 bridgehead atoms. The van der Waals surface area contributed by atoms with Crippen LogP contribution in [0.1, 0.15) is 5.56 Å². The highest BCUT2D eigenvalue weighted by Crippen LogP contribution is 2.22. The van der Waals surface area contributed by atoms with E-state index in [1.165, 1.54) is 19.3 Å². The SMILES string of the molecule is COC(=O)/C=C/c1ccc(Br)cc1S(=O)Cl. The van der Waals surface area contributed by atoms with E-state index in [0.29, 0.717) is 10.5 Å². The van der Waals surface area contributed by atoms with Crippen LogP contribution in [0, 0.1) is 0 Å². The van der Waals surface area contributed by atoms with Gasteiger partial charge in [-0.2, -0.15) is 0 Å². The highest BCUT2D eigenvalue weighted by molar-refractivity contribution is 9.10. The van der Waals surface area contributed by atoms with Crippen LogP contribution in [0.3, 0.4) is 0 Å². The molecule has 1 aromatic carbocycles. The molecule has 16 heavy (non-hydrogen) atoms. The summed E-state index contributed by atoms with van der Waals surface area (Å²) in [5.41, 5.74) is 0.613. The van der Waals surface area contributed by atoms with E-state index < -0.39 is 16.0 Å². The lowest BCUT2D eigenvalue weighted by Gasteiger charge is -2.01. The van der Waals surface area contributed by atoms with E-state index in [9.17, 15) is 9.00 Å². The molecular formula is C10H8BrClO3S. The lowest BCUT2D eigenvalue weighted by Crippen LogP contribution is -1.94. The second-order valence-electron chi connectivity index (χ2n) is 2.76. The smallest absolute Gasteiger partial charge is 0.330 e. The normalized spacial score (nSPS) is 12.7. The largest absolute Gasteiger partial charge is 0.466 e. The van der Waals surface area contributed by atoms with Gasteiger partial charge >= 0.3 is 5.97 Å². The molecule has 6 heteroatoms. The summed E-state index contributed by atoms with van der Waals surface area (Å²) in [5, 5.41) is 0. The zero-order chi connectivity index (χ0) is 12.1. The van der Waals surface area contributed by atoms with Crippen molar-refractivity contribution in [2.75, 3.05) is 7.11 Å². The Morgan fingerprint density at radius 3 is 2.81 bits per heavy atom. The van der Waals surface area contributed by atoms with Crippen molar-refractivity contribution in [1.29, 1.82) is 0 Å². The molecule has 0 heterocycles. The molecule has 0 aromatic heterocycles. The molecule has 0 aliphatic heterocycles. The van der Waals surface area contributed by atoms with Crippen LogP contribution in [0.5, 0.6) is 0 Å². The van der Waals surface area contributed by atoms with Crippen molar-refractivity contribution < 1.29 is 13.7 Å². The zero-order valence-electron chi connectivity index (χ0n) is 8.28. The average Bonchev–Trinajstić information content (AvgIpc) is 2.26. The maximum Gasteiger partial charge on any atom is 0.330 e. The highest BCUT2D eigenvalue weighted by Gasteiger charge is 2.06. The second-order valence-corrected chi connectivity index (χ2v) is 5.41. The predicted molar refractivity (Wildman–Crippen MR) is 67.5 cm³/mol. The molecule has 1 unspecified atom stereocenters. The Bertz CT molecular complexity index is 459. The molecule has 0 radical (unpaired) electrons. The van der Waals surface area contributed by atoms with E-state index in [1.54, 1.807) is 18.2 Å². The summed E-state index contributed by atoms with van der Waals surface area (Å²) in [6.45, 7) is 0. The molecule has 1 rings (SSSR count). The summed E-state index contributed by atoms with van der Waals surface area (Å²) in [6.07, 6.45) is 2.75. The van der Waals surface area contributed by atoms with Crippen LogP contribution >= 0.6 is 26.6 Å². The fourth-order valence-electron chi connectivity index (χ4n) is 1.01. The van der Waals surface area contributed by atoms with Gasteiger partial charge in [0.25, 0.3) is 0 Å². The number of halogens is 2. The van der Waals surface area contributed by atoms with E-state index in [-0.39, 0.29) is 0 Å². The third-order valence-corrected chi connectivity index (χ3v) is 3.44. The Labute approximate surface area is 109 Å². The third-order valence-electron chi connectivity index (χ3n) is 1.75. The molecule has 0 spiro atoms. The van der Waals surface area contributed by atoms with Gasteiger partial charge in [-0.3, -0.25) is 0 Å². The van der Waals surface area contributed by atoms with Gasteiger partial charge in [0.15, 0.2) is 0 Å². The molecule has 0 saturated heterocycles. The summed E-state index contributed by atoms with van der Waals surface area (Å²) in [6, 6.07) is 5.11. The minimum absolute atomic E-state index is 0.441. The predicted octanol–water partition coefficient (Wildman–Crippen LogP) is 2.90. The van der Waals surface area contributed by atoms with Crippen molar-refractivity contribution in [3.8, 4) is 0 Å². The number of hydrogen-bond donors (Lipinski definition) is 0. The number of ether oxygens (including phenoxy) is 1. The number of benzene rings is 1. The topological polar surface area (TPSA) is 43.4 Å². The van der Waals surface area contributed by atoms with E-state index in [0.717, 1.165) is 4.47 Å². The summed E-state index contributed by atoms with van der Waals surface area (Å²) in [5.74, 6) is -0.478. The van der Waals surface area contributed by atoms with E-state index in [4.69, 9.17) is 10.7 Å². The van der Waals surface area contributed by atoms with Gasteiger partial charge < -0.3 is 4.74 Å². The Morgan fingerprint density at radius 1 is 1.56 bits per heavy atom. The van der Waals surface area contributed by atoms with Gasteiger partial charge in [0.2, 0.25) is 0 Å². The molecule has 1 aromatic rings. The average molecular weight is 324 g/mol. The van der Waals surface area contributed by atoms with Gasteiger partial charge in [-0.05, 0) is 34.5 Å². The van der Waals surface area contributed by atoms with Crippen LogP contribution in [0.4, 0.5) is 0 Å². The molecule has 0 aliphatic rings. The molecule has 0 aliphatic carbocycles. The Morgan fingerprint density at radius 2 is 2.25 bits per heavy atom. The summed E-state index contributed by atoms with van der Waals surface area (Å²) < 4.78 is 16.5. The number of carbonyl (C=O) groups excluding carboxylic acids is 1. The number of rotatable bonds is 3. The van der Waals surface area contributed by atoms with E-state index in [1.807, 2.05) is 0 Å². The van der Waals surface area contributed by atoms with Crippen molar-refractivity contribution in [2.24, 2.45) is 0 Å². The first-order chi connectivity index (χ1) is 7.54. The fourth-order valence-corrected chi connectivity index (χ4v) is 2.47. The molecule has 3 nitrogen and oxygen atoms in total. The Balaban J connectivity index is 3.09. The molecule has 0 fully saturated rings. The van der Waals surface area contributed by atoms with Crippen molar-refractivity contribution in [3.05, 3.63) is 34.3 Å². The first-order valence-corrected chi connectivity index (χ1v) is 6.95. The molecular weight excluding hydrogens is 316 g/mol. The summed E-state index contributed by atoms with van der Waals surface area (Å²) in [4.78, 5) is 11.3. The lowest BCUT2D eigenvalue weighted by atomic mass is 10.2. The number of hydrogen-bond acceptors (Lipinski definition) is 3. The van der Waals surface area contributed by atoms with Crippen LogP contribution in [0.2, 0.25) is 0 Å². The fraction of sp³-hybridized carbons (Fsp3) is 0.100. The third kappa shape index (κ3) is 3.73. The number of methoxy groups -OCH3 is 1. The van der Waals surface area contributed by atoms with Crippen molar-refractivity contribution in [3.63, 3.8) is 0 Å². The number of carbonyl (C=O) groups is 1. The lowest BCUT2D eigenvalue weighted by molar-refractivity contribution is -0.134. The van der Waals surface area contributed by atoms with Gasteiger partial charge in [-0.15, -0.1) is 0 Å². The van der Waals surface area contributed by atoms with Crippen LogP contribution in [0.25, 0.3) is 6.08 Å². The standard InChI is InChI=1S/C10H8BrClO3S/c1-15-10(13)5-3-7-2-4-8(11)6-9(7)16(12)14/h2-6H,1H3/b5-3+. The van der Waals surface area contributed by atoms with Gasteiger partial charge in [0.1, 0.15) is 10.0 Å². The van der Waals surface area contributed by atoms with Crippen molar-refractivity contribution in [2.45, 2.75) is 4.90 Å². The van der Waals surface area contributed by atoms with Crippen LogP contribution in [-0.2, 0) is 19.5 Å². The maximum absolute atomic E-state index is 11.2. The van der Waals surface area contributed by atoms with E-state index in [2.05, 4.69) is 20.7 Å². The molecule has 1 atom stereocenters. The molecule has 86 valence electrons. The maximum atomic E-state index is 11.2. The van der Waals surface area contributed by atoms with Gasteiger partial charge in [-0.1, -0.05) is 22.0 Å². The van der Waals surface area contributed by atoms with Gasteiger partial charge in [0, 0.05) is 10.5 Å². The highest BCUT2D eigenvalue weighted by atomic mass is 79.9. The van der Waals surface area contributed by atoms with E-state index >= 15 is 0 Å². The first kappa shape index (κ1) is 13.4. The molecule has 0 saturated carbocycles. The minimum atomic E-state index is -1.63. The van der Waals surface area contributed by atoms with Gasteiger partial charge in [0.05, 0.1) is 12.0 Å². The van der Waals surface area contributed by atoms with Gasteiger partial charge in [-0.25, -0.2) is 9.00 Å². The number of esters is 1. The van der Waals surface area contributed by atoms with Crippen LogP contribution < -0.4 is 0 Å². The van der Waals surface area contributed by atoms with Crippen LogP contribution in [0.15, 0.2) is 33.6 Å².